The third kappa shape index (κ3) is 5.18. The molecule has 1 aliphatic rings. The van der Waals surface area contributed by atoms with Gasteiger partial charge in [-0.2, -0.15) is 4.31 Å². The van der Waals surface area contributed by atoms with Crippen molar-refractivity contribution < 1.29 is 27.4 Å². The molecule has 8 heteroatoms. The van der Waals surface area contributed by atoms with Crippen molar-refractivity contribution in [1.82, 2.24) is 4.31 Å². The Morgan fingerprint density at radius 1 is 1.03 bits per heavy atom. The Bertz CT molecular complexity index is 1290. The maximum absolute atomic E-state index is 13.6. The lowest BCUT2D eigenvalue weighted by Crippen LogP contribution is -2.44. The number of ether oxygens (including phenoxy) is 3. The minimum absolute atomic E-state index is 0.134. The maximum atomic E-state index is 13.6. The fourth-order valence-electron chi connectivity index (χ4n) is 4.18. The molecule has 3 aromatic rings. The summed E-state index contributed by atoms with van der Waals surface area (Å²) in [6, 6.07) is 18.7. The number of esters is 1. The van der Waals surface area contributed by atoms with Crippen LogP contribution < -0.4 is 9.47 Å². The number of benzene rings is 3. The minimum Gasteiger partial charge on any atom is -0.493 e. The lowest BCUT2D eigenvalue weighted by molar-refractivity contribution is -0.148. The van der Waals surface area contributed by atoms with Crippen LogP contribution in [0.3, 0.4) is 0 Å². The van der Waals surface area contributed by atoms with Crippen LogP contribution in [0.4, 0.5) is 0 Å². The average Bonchev–Trinajstić information content (AvgIpc) is 2.87. The lowest BCUT2D eigenvalue weighted by atomic mass is 9.93. The van der Waals surface area contributed by atoms with Gasteiger partial charge in [0.1, 0.15) is 12.6 Å². The molecule has 0 bridgehead atoms. The molecular formula is C27H29NO6S. The molecule has 0 aliphatic carbocycles. The third-order valence-electron chi connectivity index (χ3n) is 5.98. The van der Waals surface area contributed by atoms with Crippen LogP contribution in [-0.2, 0) is 32.6 Å². The van der Waals surface area contributed by atoms with Crippen LogP contribution in [0, 0.1) is 6.92 Å². The first-order valence-corrected chi connectivity index (χ1v) is 12.9. The van der Waals surface area contributed by atoms with E-state index in [1.54, 1.807) is 44.4 Å². The molecule has 1 atom stereocenters. The van der Waals surface area contributed by atoms with Crippen LogP contribution >= 0.6 is 0 Å². The van der Waals surface area contributed by atoms with Crippen LogP contribution in [0.15, 0.2) is 71.6 Å². The quantitative estimate of drug-likeness (QED) is 0.430. The topological polar surface area (TPSA) is 82.1 Å². The summed E-state index contributed by atoms with van der Waals surface area (Å²) in [5, 5.41) is 0. The van der Waals surface area contributed by atoms with Gasteiger partial charge in [-0.15, -0.1) is 0 Å². The van der Waals surface area contributed by atoms with E-state index in [2.05, 4.69) is 0 Å². The molecule has 3 aromatic carbocycles. The largest absolute Gasteiger partial charge is 0.493 e. The predicted molar refractivity (Wildman–Crippen MR) is 132 cm³/mol. The van der Waals surface area contributed by atoms with Crippen molar-refractivity contribution in [1.29, 1.82) is 0 Å². The van der Waals surface area contributed by atoms with E-state index in [0.29, 0.717) is 30.1 Å². The molecule has 0 N–H and O–H groups in total. The van der Waals surface area contributed by atoms with Gasteiger partial charge in [0.15, 0.2) is 11.5 Å². The minimum atomic E-state index is -3.96. The molecular weight excluding hydrogens is 466 g/mol. The molecule has 0 fully saturated rings. The van der Waals surface area contributed by atoms with Gasteiger partial charge in [0.05, 0.1) is 18.6 Å². The van der Waals surface area contributed by atoms with Crippen molar-refractivity contribution in [3.05, 3.63) is 89.0 Å². The van der Waals surface area contributed by atoms with E-state index in [1.807, 2.05) is 43.3 Å². The molecule has 1 heterocycles. The third-order valence-corrected chi connectivity index (χ3v) is 7.86. The zero-order valence-electron chi connectivity index (χ0n) is 20.1. The molecule has 1 aliphatic heterocycles. The molecule has 35 heavy (non-hydrogen) atoms. The summed E-state index contributed by atoms with van der Waals surface area (Å²) in [5.74, 6) is 0.333. The van der Waals surface area contributed by atoms with Gasteiger partial charge in [0.25, 0.3) is 0 Å². The summed E-state index contributed by atoms with van der Waals surface area (Å²) in [6.07, 6.45) is 0.422. The average molecular weight is 496 g/mol. The first-order chi connectivity index (χ1) is 16.8. The van der Waals surface area contributed by atoms with E-state index < -0.39 is 22.0 Å². The van der Waals surface area contributed by atoms with Crippen molar-refractivity contribution in [2.24, 2.45) is 0 Å². The van der Waals surface area contributed by atoms with E-state index in [0.717, 1.165) is 16.7 Å². The van der Waals surface area contributed by atoms with Gasteiger partial charge in [-0.05, 0) is 61.2 Å². The van der Waals surface area contributed by atoms with Crippen molar-refractivity contribution in [3.63, 3.8) is 0 Å². The van der Waals surface area contributed by atoms with Crippen LogP contribution in [0.2, 0.25) is 0 Å². The molecule has 1 unspecified atom stereocenters. The number of rotatable bonds is 8. The summed E-state index contributed by atoms with van der Waals surface area (Å²) >= 11 is 0. The van der Waals surface area contributed by atoms with Gasteiger partial charge in [0, 0.05) is 6.54 Å². The maximum Gasteiger partial charge on any atom is 0.329 e. The summed E-state index contributed by atoms with van der Waals surface area (Å²) in [7, 11) is -2.40. The summed E-state index contributed by atoms with van der Waals surface area (Å²) in [5.41, 5.74) is 3.27. The van der Waals surface area contributed by atoms with Gasteiger partial charge in [0.2, 0.25) is 10.0 Å². The number of fused-ring (bicyclic) bond motifs is 1. The molecule has 0 saturated carbocycles. The zero-order valence-corrected chi connectivity index (χ0v) is 20.9. The number of hydrogen-bond donors (Lipinski definition) is 0. The van der Waals surface area contributed by atoms with E-state index in [1.165, 1.54) is 4.31 Å². The van der Waals surface area contributed by atoms with Gasteiger partial charge in [-0.25, -0.2) is 13.2 Å². The number of aryl methyl sites for hydroxylation is 1. The van der Waals surface area contributed by atoms with Gasteiger partial charge >= 0.3 is 5.97 Å². The van der Waals surface area contributed by atoms with Crippen LogP contribution in [0.5, 0.6) is 11.5 Å². The van der Waals surface area contributed by atoms with Crippen molar-refractivity contribution in [3.8, 4) is 11.5 Å². The molecule has 0 aromatic heterocycles. The Hall–Kier alpha value is -3.36. The molecule has 0 saturated heterocycles. The first-order valence-electron chi connectivity index (χ1n) is 11.5. The van der Waals surface area contributed by atoms with E-state index in [4.69, 9.17) is 14.2 Å². The highest BCUT2D eigenvalue weighted by atomic mass is 32.2. The molecule has 0 spiro atoms. The number of sulfonamides is 1. The number of nitrogens with zero attached hydrogens (tertiary/aromatic N) is 1. The second-order valence-corrected chi connectivity index (χ2v) is 10.2. The standard InChI is InChI=1S/C27H29NO6S/c1-4-33-27(29)26-23-17-25(34-18-20-8-6-5-7-9-20)24(32-3)16-21(23)14-15-28(26)35(30,31)22-12-10-19(2)11-13-22/h5-13,16-17,26H,4,14-15,18H2,1-3H3. The van der Waals surface area contributed by atoms with Crippen LogP contribution in [-0.4, -0.2) is 39.0 Å². The number of methoxy groups -OCH3 is 1. The van der Waals surface area contributed by atoms with Gasteiger partial charge < -0.3 is 14.2 Å². The SMILES string of the molecule is CCOC(=O)C1c2cc(OCc3ccccc3)c(OC)cc2CCN1S(=O)(=O)c1ccc(C)cc1. The Morgan fingerprint density at radius 3 is 2.40 bits per heavy atom. The highest BCUT2D eigenvalue weighted by Crippen LogP contribution is 2.41. The van der Waals surface area contributed by atoms with Crippen molar-refractivity contribution in [2.45, 2.75) is 37.8 Å². The van der Waals surface area contributed by atoms with Crippen LogP contribution in [0.1, 0.15) is 35.2 Å². The van der Waals surface area contributed by atoms with E-state index >= 15 is 0 Å². The molecule has 7 nitrogen and oxygen atoms in total. The highest BCUT2D eigenvalue weighted by molar-refractivity contribution is 7.89. The fourth-order valence-corrected chi connectivity index (χ4v) is 5.74. The highest BCUT2D eigenvalue weighted by Gasteiger charge is 2.42. The Balaban J connectivity index is 1.76. The zero-order chi connectivity index (χ0) is 25.0. The lowest BCUT2D eigenvalue weighted by Gasteiger charge is -2.35. The molecule has 0 radical (unpaired) electrons. The Labute approximate surface area is 206 Å². The Morgan fingerprint density at radius 2 is 1.74 bits per heavy atom. The number of carbonyl (C=O) groups excluding carboxylic acids is 1. The van der Waals surface area contributed by atoms with E-state index in [9.17, 15) is 13.2 Å². The number of carbonyl (C=O) groups is 1. The molecule has 4 rings (SSSR count). The second-order valence-electron chi connectivity index (χ2n) is 8.31. The number of hydrogen-bond acceptors (Lipinski definition) is 6. The summed E-state index contributed by atoms with van der Waals surface area (Å²) in [4.78, 5) is 13.3. The molecule has 0 amide bonds. The summed E-state index contributed by atoms with van der Waals surface area (Å²) < 4.78 is 45.4. The van der Waals surface area contributed by atoms with Crippen LogP contribution in [0.25, 0.3) is 0 Å². The first kappa shape index (κ1) is 24.8. The fraction of sp³-hybridized carbons (Fsp3) is 0.296. The Kier molecular flexibility index (Phi) is 7.42. The van der Waals surface area contributed by atoms with Crippen molar-refractivity contribution in [2.75, 3.05) is 20.3 Å². The smallest absolute Gasteiger partial charge is 0.329 e. The van der Waals surface area contributed by atoms with Gasteiger partial charge in [-0.3, -0.25) is 0 Å². The second kappa shape index (κ2) is 10.5. The molecule has 184 valence electrons. The van der Waals surface area contributed by atoms with E-state index in [-0.39, 0.29) is 18.0 Å². The van der Waals surface area contributed by atoms with Crippen molar-refractivity contribution >= 4 is 16.0 Å². The normalized spacial score (nSPS) is 15.8. The van der Waals surface area contributed by atoms with Gasteiger partial charge in [-0.1, -0.05) is 48.0 Å². The summed E-state index contributed by atoms with van der Waals surface area (Å²) in [6.45, 7) is 4.16. The monoisotopic (exact) mass is 495 g/mol. The predicted octanol–water partition coefficient (Wildman–Crippen LogP) is 4.43.